The van der Waals surface area contributed by atoms with Gasteiger partial charge in [-0.2, -0.15) is 0 Å². The van der Waals surface area contributed by atoms with Crippen molar-refractivity contribution in [1.82, 2.24) is 24.8 Å². The molecular weight excluding hydrogens is 438 g/mol. The number of amides is 1. The van der Waals surface area contributed by atoms with Gasteiger partial charge in [-0.1, -0.05) is 25.6 Å². The number of pyridine rings is 1. The van der Waals surface area contributed by atoms with E-state index >= 15 is 0 Å². The number of fused-ring (bicyclic) bond motifs is 1. The summed E-state index contributed by atoms with van der Waals surface area (Å²) in [5.41, 5.74) is 5.24. The first-order valence-corrected chi connectivity index (χ1v) is 11.5. The van der Waals surface area contributed by atoms with Gasteiger partial charge in [0, 0.05) is 60.5 Å². The Kier molecular flexibility index (Phi) is 7.36. The van der Waals surface area contributed by atoms with Crippen LogP contribution in [-0.4, -0.2) is 70.5 Å². The Hall–Kier alpha value is -3.84. The normalized spacial score (nSPS) is 13.9. The third-order valence-corrected chi connectivity index (χ3v) is 6.17. The van der Waals surface area contributed by atoms with Crippen molar-refractivity contribution in [1.29, 1.82) is 0 Å². The molecule has 0 bridgehead atoms. The summed E-state index contributed by atoms with van der Waals surface area (Å²) in [6.45, 7) is 5.80. The fourth-order valence-corrected chi connectivity index (χ4v) is 4.24. The van der Waals surface area contributed by atoms with E-state index < -0.39 is 0 Å². The highest BCUT2D eigenvalue weighted by Crippen LogP contribution is 2.30. The molecule has 0 unspecified atom stereocenters. The topological polar surface area (TPSA) is 71.5 Å². The number of carbonyl (C=O) groups excluding carboxylic acids is 1. The molecule has 35 heavy (non-hydrogen) atoms. The van der Waals surface area contributed by atoms with E-state index in [-0.39, 0.29) is 13.3 Å². The minimum absolute atomic E-state index is 0. The van der Waals surface area contributed by atoms with Crippen LogP contribution in [0.5, 0.6) is 5.88 Å². The monoisotopic (exact) mass is 469 g/mol. The number of hydrogen-bond acceptors (Lipinski definition) is 6. The molecule has 1 amide bonds. The van der Waals surface area contributed by atoms with Crippen molar-refractivity contribution >= 4 is 16.8 Å². The van der Waals surface area contributed by atoms with Gasteiger partial charge in [0.25, 0.3) is 5.91 Å². The minimum Gasteiger partial charge on any atom is -0.478 e. The average molecular weight is 470 g/mol. The number of aromatic nitrogens is 3. The number of nitrogens with zero attached hydrogens (tertiary/aromatic N) is 5. The summed E-state index contributed by atoms with van der Waals surface area (Å²) in [7, 11) is 2.08. The number of ether oxygens (including phenoxy) is 1. The zero-order valence-corrected chi connectivity index (χ0v) is 19.4. The molecule has 180 valence electrons. The molecule has 4 aromatic rings. The van der Waals surface area contributed by atoms with Gasteiger partial charge < -0.3 is 14.5 Å². The lowest BCUT2D eigenvalue weighted by molar-refractivity contribution is 0.0664. The standard InChI is InChI=1S/C27H27N5O2.CH4/c1-3-34-25-10-8-22(17-28-25)19-7-9-24-23(16-19)26(30-18-29-24)20-5-4-6-21(15-20)27(33)32-13-11-31(2)12-14-32;/h4-10,15-18H,3,11-14H2,1-2H3;1H4. The Bertz CT molecular complexity index is 1310. The molecule has 3 heterocycles. The quantitative estimate of drug-likeness (QED) is 0.419. The van der Waals surface area contributed by atoms with Crippen LogP contribution in [0, 0.1) is 0 Å². The van der Waals surface area contributed by atoms with Crippen LogP contribution in [0.4, 0.5) is 0 Å². The Balaban J connectivity index is 0.00000289. The summed E-state index contributed by atoms with van der Waals surface area (Å²) in [6, 6.07) is 17.7. The van der Waals surface area contributed by atoms with Crippen LogP contribution in [0.1, 0.15) is 24.7 Å². The second-order valence-corrected chi connectivity index (χ2v) is 8.45. The average Bonchev–Trinajstić information content (AvgIpc) is 2.89. The first-order valence-electron chi connectivity index (χ1n) is 11.5. The lowest BCUT2D eigenvalue weighted by Crippen LogP contribution is -2.47. The van der Waals surface area contributed by atoms with E-state index in [4.69, 9.17) is 4.74 Å². The zero-order valence-electron chi connectivity index (χ0n) is 19.4. The smallest absolute Gasteiger partial charge is 0.253 e. The molecular formula is C28H31N5O2. The van der Waals surface area contributed by atoms with E-state index in [0.717, 1.165) is 59.5 Å². The second kappa shape index (κ2) is 10.6. The fraction of sp³-hybridized carbons (Fsp3) is 0.286. The molecule has 0 spiro atoms. The largest absolute Gasteiger partial charge is 0.478 e. The van der Waals surface area contributed by atoms with Gasteiger partial charge in [0.15, 0.2) is 0 Å². The molecule has 0 saturated carbocycles. The van der Waals surface area contributed by atoms with E-state index in [2.05, 4.69) is 33.0 Å². The van der Waals surface area contributed by atoms with Crippen LogP contribution in [0.3, 0.4) is 0 Å². The lowest BCUT2D eigenvalue weighted by atomic mass is 10.00. The maximum absolute atomic E-state index is 13.1. The Morgan fingerprint density at radius 1 is 0.914 bits per heavy atom. The van der Waals surface area contributed by atoms with Gasteiger partial charge in [0.2, 0.25) is 5.88 Å². The summed E-state index contributed by atoms with van der Waals surface area (Å²) < 4.78 is 5.46. The summed E-state index contributed by atoms with van der Waals surface area (Å²) in [4.78, 5) is 30.7. The molecule has 7 nitrogen and oxygen atoms in total. The SMILES string of the molecule is C.CCOc1ccc(-c2ccc3ncnc(-c4cccc(C(=O)N5CCN(C)CC5)c4)c3c2)cn1. The van der Waals surface area contributed by atoms with Crippen molar-refractivity contribution in [3.05, 3.63) is 72.7 Å². The van der Waals surface area contributed by atoms with Crippen molar-refractivity contribution in [3.8, 4) is 28.3 Å². The second-order valence-electron chi connectivity index (χ2n) is 8.45. The first kappa shape index (κ1) is 24.3. The van der Waals surface area contributed by atoms with E-state index in [1.165, 1.54) is 0 Å². The van der Waals surface area contributed by atoms with Gasteiger partial charge in [-0.25, -0.2) is 15.0 Å². The van der Waals surface area contributed by atoms with Crippen molar-refractivity contribution < 1.29 is 9.53 Å². The molecule has 1 aliphatic heterocycles. The molecule has 1 aliphatic rings. The summed E-state index contributed by atoms with van der Waals surface area (Å²) in [5.74, 6) is 0.673. The number of piperazine rings is 1. The summed E-state index contributed by atoms with van der Waals surface area (Å²) >= 11 is 0. The predicted octanol–water partition coefficient (Wildman–Crippen LogP) is 4.78. The summed E-state index contributed by atoms with van der Waals surface area (Å²) in [6.07, 6.45) is 3.38. The molecule has 7 heteroatoms. The fourth-order valence-electron chi connectivity index (χ4n) is 4.24. The molecule has 0 aliphatic carbocycles. The molecule has 0 radical (unpaired) electrons. The minimum atomic E-state index is 0. The zero-order chi connectivity index (χ0) is 23.5. The van der Waals surface area contributed by atoms with Gasteiger partial charge >= 0.3 is 0 Å². The number of carbonyl (C=O) groups is 1. The number of likely N-dealkylation sites (N-methyl/N-ethyl adjacent to an activating group) is 1. The van der Waals surface area contributed by atoms with Gasteiger partial charge in [0.1, 0.15) is 6.33 Å². The molecule has 0 N–H and O–H groups in total. The number of benzene rings is 2. The predicted molar refractivity (Wildman–Crippen MR) is 140 cm³/mol. The Labute approximate surface area is 206 Å². The van der Waals surface area contributed by atoms with E-state index in [1.807, 2.05) is 66.6 Å². The maximum atomic E-state index is 13.1. The molecule has 0 atom stereocenters. The van der Waals surface area contributed by atoms with Crippen molar-refractivity contribution in [2.75, 3.05) is 39.8 Å². The molecule has 1 fully saturated rings. The van der Waals surface area contributed by atoms with Crippen molar-refractivity contribution in [3.63, 3.8) is 0 Å². The van der Waals surface area contributed by atoms with Gasteiger partial charge in [-0.3, -0.25) is 4.79 Å². The van der Waals surface area contributed by atoms with Crippen LogP contribution >= 0.6 is 0 Å². The van der Waals surface area contributed by atoms with Crippen LogP contribution in [0.2, 0.25) is 0 Å². The molecule has 1 saturated heterocycles. The lowest BCUT2D eigenvalue weighted by Gasteiger charge is -2.32. The van der Waals surface area contributed by atoms with E-state index in [0.29, 0.717) is 18.1 Å². The van der Waals surface area contributed by atoms with E-state index in [1.54, 1.807) is 6.33 Å². The van der Waals surface area contributed by atoms with Crippen molar-refractivity contribution in [2.45, 2.75) is 14.4 Å². The first-order chi connectivity index (χ1) is 16.6. The third-order valence-electron chi connectivity index (χ3n) is 6.17. The molecule has 5 rings (SSSR count). The van der Waals surface area contributed by atoms with Crippen LogP contribution in [0.25, 0.3) is 33.3 Å². The van der Waals surface area contributed by atoms with Crippen LogP contribution < -0.4 is 4.74 Å². The van der Waals surface area contributed by atoms with Crippen LogP contribution in [-0.2, 0) is 0 Å². The number of hydrogen-bond donors (Lipinski definition) is 0. The maximum Gasteiger partial charge on any atom is 0.253 e. The Morgan fingerprint density at radius 3 is 2.46 bits per heavy atom. The number of rotatable bonds is 5. The van der Waals surface area contributed by atoms with Gasteiger partial charge in [0.05, 0.1) is 17.8 Å². The highest BCUT2D eigenvalue weighted by Gasteiger charge is 2.21. The van der Waals surface area contributed by atoms with Crippen LogP contribution in [0.15, 0.2) is 67.1 Å². The van der Waals surface area contributed by atoms with Gasteiger partial charge in [-0.05, 0) is 49.9 Å². The molecule has 2 aromatic carbocycles. The van der Waals surface area contributed by atoms with E-state index in [9.17, 15) is 4.79 Å². The van der Waals surface area contributed by atoms with Gasteiger partial charge in [-0.15, -0.1) is 0 Å². The third kappa shape index (κ3) is 5.15. The summed E-state index contributed by atoms with van der Waals surface area (Å²) in [5, 5.41) is 0.929. The van der Waals surface area contributed by atoms with Crippen molar-refractivity contribution in [2.24, 2.45) is 0 Å². The highest BCUT2D eigenvalue weighted by molar-refractivity contribution is 5.98. The highest BCUT2D eigenvalue weighted by atomic mass is 16.5. The Morgan fingerprint density at radius 2 is 1.71 bits per heavy atom. The molecule has 2 aromatic heterocycles.